The van der Waals surface area contributed by atoms with E-state index in [4.69, 9.17) is 0 Å². The molecule has 3 nitrogen and oxygen atoms in total. The number of hydrogen-bond acceptors (Lipinski definition) is 2. The number of aromatic hydroxyl groups is 1. The normalized spacial score (nSPS) is 11.4. The van der Waals surface area contributed by atoms with Crippen LogP contribution in [0.4, 0.5) is 0 Å². The van der Waals surface area contributed by atoms with Gasteiger partial charge in [-0.15, -0.1) is 0 Å². The smallest absolute Gasteiger partial charge is 0.258 e. The van der Waals surface area contributed by atoms with Crippen LogP contribution in [0, 0.1) is 0 Å². The van der Waals surface area contributed by atoms with Crippen molar-refractivity contribution in [2.24, 2.45) is 0 Å². The Morgan fingerprint density at radius 2 is 1.93 bits per heavy atom. The molecule has 3 rings (SSSR count). The van der Waals surface area contributed by atoms with E-state index in [1.54, 1.807) is 6.07 Å². The highest BCUT2D eigenvalue weighted by Crippen LogP contribution is 2.30. The molecule has 1 aliphatic carbocycles. The summed E-state index contributed by atoms with van der Waals surface area (Å²) in [5.74, 6) is 0.00574. The lowest BCUT2D eigenvalue weighted by atomic mass is 10.2. The summed E-state index contributed by atoms with van der Waals surface area (Å²) in [6.45, 7) is 0. The van der Waals surface area contributed by atoms with Gasteiger partial charge in [-0.05, 0) is 0 Å². The Balaban J connectivity index is 2.70. The van der Waals surface area contributed by atoms with Gasteiger partial charge in [0, 0.05) is 23.1 Å². The molecule has 1 aromatic heterocycles. The SMILES string of the molecule is O=c1cc2ccccc3cc(O)n1c3-2. The molecule has 0 spiro atoms. The number of hydrogen-bond donors (Lipinski definition) is 1. The zero-order valence-electron chi connectivity index (χ0n) is 7.27. The van der Waals surface area contributed by atoms with Crippen molar-refractivity contribution in [1.29, 1.82) is 0 Å². The van der Waals surface area contributed by atoms with E-state index >= 15 is 0 Å². The number of nitrogens with zero attached hydrogens (tertiary/aromatic N) is 1. The first kappa shape index (κ1) is 7.38. The highest BCUT2D eigenvalue weighted by molar-refractivity contribution is 5.84. The minimum Gasteiger partial charge on any atom is -0.494 e. The van der Waals surface area contributed by atoms with Crippen molar-refractivity contribution in [3.63, 3.8) is 0 Å². The molecule has 1 aliphatic heterocycles. The first-order chi connectivity index (χ1) is 6.77. The van der Waals surface area contributed by atoms with Crippen LogP contribution < -0.4 is 5.56 Å². The molecule has 14 heavy (non-hydrogen) atoms. The zero-order valence-corrected chi connectivity index (χ0v) is 7.27. The van der Waals surface area contributed by atoms with Crippen LogP contribution in [0.3, 0.4) is 0 Å². The zero-order chi connectivity index (χ0) is 9.71. The van der Waals surface area contributed by atoms with E-state index in [9.17, 15) is 9.90 Å². The first-order valence-electron chi connectivity index (χ1n) is 4.33. The molecule has 0 amide bonds. The van der Waals surface area contributed by atoms with E-state index in [1.807, 2.05) is 24.3 Å². The van der Waals surface area contributed by atoms with Crippen LogP contribution in [0.25, 0.3) is 16.6 Å². The molecule has 0 saturated carbocycles. The summed E-state index contributed by atoms with van der Waals surface area (Å²) in [4.78, 5) is 11.5. The molecule has 0 fully saturated rings. The van der Waals surface area contributed by atoms with E-state index in [0.29, 0.717) is 0 Å². The highest BCUT2D eigenvalue weighted by atomic mass is 16.3. The lowest BCUT2D eigenvalue weighted by molar-refractivity contribution is 0.446. The van der Waals surface area contributed by atoms with Crippen LogP contribution >= 0.6 is 0 Å². The van der Waals surface area contributed by atoms with Gasteiger partial charge in [0.05, 0.1) is 5.69 Å². The average Bonchev–Trinajstić information content (AvgIpc) is 2.56. The third kappa shape index (κ3) is 0.738. The second kappa shape index (κ2) is 2.26. The van der Waals surface area contributed by atoms with E-state index < -0.39 is 0 Å². The van der Waals surface area contributed by atoms with Gasteiger partial charge in [-0.25, -0.2) is 4.40 Å². The van der Waals surface area contributed by atoms with Crippen molar-refractivity contribution in [3.8, 4) is 17.1 Å². The van der Waals surface area contributed by atoms with Gasteiger partial charge in [-0.1, -0.05) is 24.3 Å². The molecule has 0 unspecified atom stereocenters. The van der Waals surface area contributed by atoms with Crippen LogP contribution in [-0.2, 0) is 0 Å². The first-order valence-corrected chi connectivity index (χ1v) is 4.33. The number of aromatic nitrogens is 1. The molecule has 0 radical (unpaired) electrons. The Hall–Kier alpha value is -2.03. The maximum atomic E-state index is 11.5. The van der Waals surface area contributed by atoms with Gasteiger partial charge < -0.3 is 5.11 Å². The lowest BCUT2D eigenvalue weighted by Crippen LogP contribution is -2.02. The monoisotopic (exact) mass is 185 g/mol. The molecule has 3 heteroatoms. The summed E-state index contributed by atoms with van der Waals surface area (Å²) in [7, 11) is 0. The van der Waals surface area contributed by atoms with Crippen molar-refractivity contribution in [2.75, 3.05) is 0 Å². The Labute approximate surface area is 79.5 Å². The van der Waals surface area contributed by atoms with Crippen LogP contribution in [0.15, 0.2) is 41.2 Å². The molecule has 68 valence electrons. The minimum absolute atomic E-state index is 0.00574. The van der Waals surface area contributed by atoms with Crippen LogP contribution in [0.2, 0.25) is 0 Å². The second-order valence-electron chi connectivity index (χ2n) is 3.30. The predicted octanol–water partition coefficient (Wildman–Crippen LogP) is 1.55. The minimum atomic E-state index is -0.182. The van der Waals surface area contributed by atoms with Gasteiger partial charge in [-0.3, -0.25) is 4.79 Å². The Morgan fingerprint density at radius 1 is 1.14 bits per heavy atom. The van der Waals surface area contributed by atoms with Gasteiger partial charge >= 0.3 is 0 Å². The molecular formula is C11H7NO2. The van der Waals surface area contributed by atoms with Gasteiger partial charge in [-0.2, -0.15) is 0 Å². The topological polar surface area (TPSA) is 41.7 Å². The summed E-state index contributed by atoms with van der Waals surface area (Å²) >= 11 is 0. The Morgan fingerprint density at radius 3 is 2.79 bits per heavy atom. The molecular weight excluding hydrogens is 178 g/mol. The van der Waals surface area contributed by atoms with Crippen molar-refractivity contribution >= 4 is 5.39 Å². The summed E-state index contributed by atoms with van der Waals surface area (Å²) < 4.78 is 1.32. The molecule has 0 bridgehead atoms. The molecule has 2 aliphatic rings. The van der Waals surface area contributed by atoms with E-state index in [2.05, 4.69) is 0 Å². The Kier molecular flexibility index (Phi) is 1.19. The van der Waals surface area contributed by atoms with Crippen molar-refractivity contribution in [1.82, 2.24) is 4.40 Å². The fraction of sp³-hybridized carbons (Fsp3) is 0. The predicted molar refractivity (Wildman–Crippen MR) is 53.1 cm³/mol. The van der Waals surface area contributed by atoms with E-state index in [1.165, 1.54) is 10.5 Å². The van der Waals surface area contributed by atoms with Crippen molar-refractivity contribution < 1.29 is 5.11 Å². The van der Waals surface area contributed by atoms with E-state index in [0.717, 1.165) is 16.6 Å². The number of rotatable bonds is 0. The maximum absolute atomic E-state index is 11.5. The van der Waals surface area contributed by atoms with Crippen LogP contribution in [0.1, 0.15) is 0 Å². The maximum Gasteiger partial charge on any atom is 0.258 e. The third-order valence-electron chi connectivity index (χ3n) is 2.45. The fourth-order valence-electron chi connectivity index (χ4n) is 1.87. The van der Waals surface area contributed by atoms with E-state index in [-0.39, 0.29) is 11.4 Å². The quantitative estimate of drug-likeness (QED) is 0.577. The highest BCUT2D eigenvalue weighted by Gasteiger charge is 2.16. The summed E-state index contributed by atoms with van der Waals surface area (Å²) in [6.07, 6.45) is 0. The van der Waals surface area contributed by atoms with Crippen molar-refractivity contribution in [2.45, 2.75) is 0 Å². The fourth-order valence-corrected chi connectivity index (χ4v) is 1.87. The molecule has 0 saturated heterocycles. The molecule has 2 heterocycles. The molecule has 0 aromatic carbocycles. The molecule has 1 N–H and O–H groups in total. The second-order valence-corrected chi connectivity index (χ2v) is 3.30. The van der Waals surface area contributed by atoms with Gasteiger partial charge in [0.25, 0.3) is 5.56 Å². The summed E-state index contributed by atoms with van der Waals surface area (Å²) in [5.41, 5.74) is 1.46. The van der Waals surface area contributed by atoms with Gasteiger partial charge in [0.15, 0.2) is 5.88 Å². The Bertz CT molecular complexity index is 626. The van der Waals surface area contributed by atoms with Crippen LogP contribution in [0.5, 0.6) is 5.88 Å². The lowest BCUT2D eigenvalue weighted by Gasteiger charge is -1.90. The summed E-state index contributed by atoms with van der Waals surface area (Å²) in [5, 5.41) is 10.4. The average molecular weight is 185 g/mol. The molecule has 1 aromatic rings. The molecule has 0 atom stereocenters. The van der Waals surface area contributed by atoms with Crippen LogP contribution in [-0.4, -0.2) is 9.51 Å². The standard InChI is InChI=1S/C11H7NO2/c13-9-5-7-3-1-2-4-8-6-10(14)12(9)11(7)8/h1-6,13H. The van der Waals surface area contributed by atoms with Gasteiger partial charge in [0.1, 0.15) is 0 Å². The van der Waals surface area contributed by atoms with Crippen molar-refractivity contribution in [3.05, 3.63) is 46.8 Å². The largest absolute Gasteiger partial charge is 0.494 e. The summed E-state index contributed by atoms with van der Waals surface area (Å²) in [6, 6.07) is 10.6. The van der Waals surface area contributed by atoms with Gasteiger partial charge in [0.2, 0.25) is 0 Å². The third-order valence-corrected chi connectivity index (χ3v) is 2.45.